The molecule has 0 unspecified atom stereocenters. The molecule has 0 saturated carbocycles. The smallest absolute Gasteiger partial charge is 0.509 e. The zero-order valence-electron chi connectivity index (χ0n) is 25.5. The first-order chi connectivity index (χ1) is 21.8. The van der Waals surface area contributed by atoms with Crippen molar-refractivity contribution in [2.24, 2.45) is 0 Å². The molecule has 0 aliphatic carbocycles. The molecule has 0 aliphatic heterocycles. The van der Waals surface area contributed by atoms with Gasteiger partial charge >= 0.3 is 21.1 Å². The first-order valence-corrected chi connectivity index (χ1v) is 14.4. The Labute approximate surface area is 281 Å². The van der Waals surface area contributed by atoms with Crippen molar-refractivity contribution in [2.75, 3.05) is 0 Å². The van der Waals surface area contributed by atoms with E-state index in [2.05, 4.69) is 70.1 Å². The van der Waals surface area contributed by atoms with Gasteiger partial charge in [-0.25, -0.2) is 4.98 Å². The van der Waals surface area contributed by atoms with Gasteiger partial charge in [0.2, 0.25) is 0 Å². The molecule has 3 heterocycles. The van der Waals surface area contributed by atoms with Crippen LogP contribution in [0.5, 0.6) is 11.5 Å². The van der Waals surface area contributed by atoms with E-state index in [0.717, 1.165) is 49.9 Å². The summed E-state index contributed by atoms with van der Waals surface area (Å²) in [5.74, 6) is 1.87. The van der Waals surface area contributed by atoms with E-state index in [-0.39, 0.29) is 21.1 Å². The second-order valence-electron chi connectivity index (χ2n) is 11.2. The third-order valence-corrected chi connectivity index (χ3v) is 7.94. The van der Waals surface area contributed by atoms with Crippen molar-refractivity contribution in [1.29, 1.82) is 10.5 Å². The summed E-state index contributed by atoms with van der Waals surface area (Å²) in [6, 6.07) is 33.4. The minimum Gasteiger partial charge on any atom is -0.509 e. The summed E-state index contributed by atoms with van der Waals surface area (Å²) in [6.07, 6.45) is 5.31. The molecule has 0 spiro atoms. The number of aryl methyl sites for hydroxylation is 4. The molecule has 3 aromatic heterocycles. The van der Waals surface area contributed by atoms with Crippen molar-refractivity contribution in [2.45, 2.75) is 27.7 Å². The van der Waals surface area contributed by atoms with E-state index in [0.29, 0.717) is 39.4 Å². The molecule has 0 fully saturated rings. The van der Waals surface area contributed by atoms with Gasteiger partial charge in [-0.2, -0.15) is 27.3 Å². The summed E-state index contributed by atoms with van der Waals surface area (Å²) in [5, 5.41) is 26.5. The summed E-state index contributed by atoms with van der Waals surface area (Å²) >= 11 is 0. The third-order valence-electron chi connectivity index (χ3n) is 7.94. The van der Waals surface area contributed by atoms with E-state index in [1.165, 1.54) is 0 Å². The molecule has 46 heavy (non-hydrogen) atoms. The Morgan fingerprint density at radius 3 is 2.28 bits per heavy atom. The maximum atomic E-state index is 9.89. The van der Waals surface area contributed by atoms with Gasteiger partial charge in [0.15, 0.2) is 0 Å². The molecule has 0 amide bonds. The predicted molar refractivity (Wildman–Crippen MR) is 174 cm³/mol. The fraction of sp³-hybridized carbons (Fsp3) is 0.105. The number of pyridine rings is 1. The van der Waals surface area contributed by atoms with Crippen LogP contribution in [0.1, 0.15) is 33.4 Å². The van der Waals surface area contributed by atoms with Crippen LogP contribution < -0.4 is 4.74 Å². The van der Waals surface area contributed by atoms with Crippen molar-refractivity contribution < 1.29 is 25.8 Å². The van der Waals surface area contributed by atoms with Crippen molar-refractivity contribution in [3.8, 4) is 46.3 Å². The van der Waals surface area contributed by atoms with Crippen LogP contribution in [-0.2, 0) is 21.1 Å². The maximum Gasteiger partial charge on any atom is 2.00 e. The van der Waals surface area contributed by atoms with E-state index in [4.69, 9.17) is 4.74 Å². The van der Waals surface area contributed by atoms with Gasteiger partial charge in [-0.3, -0.25) is 4.68 Å². The standard InChI is InChI=1S/C38H26N6O.Pt/c1-23-11-12-41-37(15-23)44-35-8-6-5-7-31(35)32-10-9-29(18-36(32)44)45-30-14-24(2)13-28(17-30)43-22-27(21-42-43)38-33(19-39)25(3)16-26(4)34(38)20-40;/h5-16,21-22H,1-4H3;/q-2;+2. The van der Waals surface area contributed by atoms with Crippen LogP contribution in [0.4, 0.5) is 0 Å². The van der Waals surface area contributed by atoms with Crippen LogP contribution in [-0.4, -0.2) is 19.3 Å². The molecule has 7 aromatic rings. The Bertz CT molecular complexity index is 2350. The van der Waals surface area contributed by atoms with Crippen molar-refractivity contribution >= 4 is 21.8 Å². The number of rotatable bonds is 5. The number of para-hydroxylation sites is 1. The van der Waals surface area contributed by atoms with E-state index in [1.54, 1.807) is 10.9 Å². The number of aromatic nitrogens is 4. The van der Waals surface area contributed by atoms with E-state index in [9.17, 15) is 10.5 Å². The molecule has 0 bridgehead atoms. The number of fused-ring (bicyclic) bond motifs is 3. The second kappa shape index (κ2) is 12.1. The summed E-state index contributed by atoms with van der Waals surface area (Å²) in [5.41, 5.74) is 8.50. The summed E-state index contributed by atoms with van der Waals surface area (Å²) in [7, 11) is 0. The summed E-state index contributed by atoms with van der Waals surface area (Å²) < 4.78 is 10.2. The zero-order valence-corrected chi connectivity index (χ0v) is 27.8. The van der Waals surface area contributed by atoms with Crippen LogP contribution in [0.2, 0.25) is 0 Å². The molecule has 0 radical (unpaired) electrons. The summed E-state index contributed by atoms with van der Waals surface area (Å²) in [6.45, 7) is 7.79. The molecular formula is C38H26N6OPt. The van der Waals surface area contributed by atoms with E-state index in [1.807, 2.05) is 75.6 Å². The van der Waals surface area contributed by atoms with Crippen LogP contribution in [0.25, 0.3) is 44.4 Å². The average Bonchev–Trinajstić information content (AvgIpc) is 3.64. The first kappa shape index (κ1) is 30.5. The minimum absolute atomic E-state index is 0. The number of benzene rings is 4. The van der Waals surface area contributed by atoms with Crippen LogP contribution in [0, 0.1) is 62.5 Å². The molecule has 7 rings (SSSR count). The van der Waals surface area contributed by atoms with Gasteiger partial charge in [0, 0.05) is 40.5 Å². The molecule has 8 heteroatoms. The Morgan fingerprint density at radius 2 is 1.54 bits per heavy atom. The van der Waals surface area contributed by atoms with Crippen LogP contribution in [0.3, 0.4) is 0 Å². The van der Waals surface area contributed by atoms with Gasteiger partial charge < -0.3 is 9.30 Å². The van der Waals surface area contributed by atoms with Crippen molar-refractivity contribution in [1.82, 2.24) is 19.3 Å². The van der Waals surface area contributed by atoms with Gasteiger partial charge in [-0.05, 0) is 66.7 Å². The van der Waals surface area contributed by atoms with Crippen molar-refractivity contribution in [3.05, 3.63) is 131 Å². The Balaban J connectivity index is 0.00000372. The monoisotopic (exact) mass is 777 g/mol. The van der Waals surface area contributed by atoms with Gasteiger partial charge in [0.1, 0.15) is 18.0 Å². The molecule has 4 aromatic carbocycles. The Hall–Kier alpha value is -5.49. The quantitative estimate of drug-likeness (QED) is 0.164. The Morgan fingerprint density at radius 1 is 0.783 bits per heavy atom. The minimum atomic E-state index is 0. The Kier molecular flexibility index (Phi) is 8.05. The first-order valence-electron chi connectivity index (χ1n) is 14.4. The van der Waals surface area contributed by atoms with Crippen LogP contribution >= 0.6 is 0 Å². The van der Waals surface area contributed by atoms with Gasteiger partial charge in [-0.1, -0.05) is 36.7 Å². The summed E-state index contributed by atoms with van der Waals surface area (Å²) in [4.78, 5) is 4.66. The molecule has 0 aliphatic rings. The second-order valence-corrected chi connectivity index (χ2v) is 11.2. The SMILES string of the molecule is Cc1cc(Oc2[c-]c3c(cc2)c2ccccc2n3-c2cc(C)ccn2)[c-]c(-n2cc(-c3c(C#N)c(C)cc(C)c3C#N)cn2)c1.[Pt+2]. The maximum absolute atomic E-state index is 9.89. The topological polar surface area (TPSA) is 92.5 Å². The van der Waals surface area contributed by atoms with Crippen LogP contribution in [0.15, 0.2) is 85.3 Å². The largest absolute Gasteiger partial charge is 2.00 e. The number of hydrogen-bond acceptors (Lipinski definition) is 5. The normalized spacial score (nSPS) is 10.8. The van der Waals surface area contributed by atoms with Crippen molar-refractivity contribution in [3.63, 3.8) is 0 Å². The van der Waals surface area contributed by atoms with E-state index < -0.39 is 0 Å². The average molecular weight is 778 g/mol. The van der Waals surface area contributed by atoms with E-state index >= 15 is 0 Å². The fourth-order valence-corrected chi connectivity index (χ4v) is 5.92. The van der Waals surface area contributed by atoms with Gasteiger partial charge in [-0.15, -0.1) is 35.7 Å². The fourth-order valence-electron chi connectivity index (χ4n) is 5.92. The number of ether oxygens (including phenoxy) is 1. The molecule has 0 atom stereocenters. The number of nitriles is 2. The third kappa shape index (κ3) is 5.26. The van der Waals surface area contributed by atoms with Gasteiger partial charge in [0.05, 0.1) is 17.3 Å². The van der Waals surface area contributed by atoms with Gasteiger partial charge in [0.25, 0.3) is 0 Å². The molecule has 7 nitrogen and oxygen atoms in total. The molecular weight excluding hydrogens is 752 g/mol. The number of nitrogens with zero attached hydrogens (tertiary/aromatic N) is 6. The predicted octanol–water partition coefficient (Wildman–Crippen LogP) is 8.40. The number of hydrogen-bond donors (Lipinski definition) is 0. The molecule has 0 N–H and O–H groups in total. The molecule has 224 valence electrons. The molecule has 0 saturated heterocycles. The zero-order chi connectivity index (χ0) is 31.2.